The average molecular weight is 228 g/mol. The molecule has 0 bridgehead atoms. The van der Waals surface area contributed by atoms with Crippen LogP contribution >= 0.6 is 0 Å². The lowest BCUT2D eigenvalue weighted by atomic mass is 10.2. The first-order chi connectivity index (χ1) is 7.56. The molecule has 4 heteroatoms. The highest BCUT2D eigenvalue weighted by atomic mass is 16.7. The van der Waals surface area contributed by atoms with Crippen molar-refractivity contribution in [2.24, 2.45) is 0 Å². The molecule has 0 aliphatic carbocycles. The SMILES string of the molecule is CCCCCC=CC(OC(C)=O)OC(C)=O. The summed E-state index contributed by atoms with van der Waals surface area (Å²) >= 11 is 0. The van der Waals surface area contributed by atoms with Crippen LogP contribution in [-0.4, -0.2) is 18.2 Å². The molecule has 0 amide bonds. The molecule has 0 aliphatic heterocycles. The number of allylic oxidation sites excluding steroid dienone is 1. The molecule has 0 aliphatic rings. The first-order valence-electron chi connectivity index (χ1n) is 5.57. The summed E-state index contributed by atoms with van der Waals surface area (Å²) in [5.74, 6) is -0.936. The zero-order chi connectivity index (χ0) is 12.4. The number of hydrogen-bond acceptors (Lipinski definition) is 4. The molecule has 0 N–H and O–H groups in total. The van der Waals surface area contributed by atoms with E-state index in [1.165, 1.54) is 13.8 Å². The van der Waals surface area contributed by atoms with Crippen molar-refractivity contribution in [3.63, 3.8) is 0 Å². The van der Waals surface area contributed by atoms with Gasteiger partial charge >= 0.3 is 11.9 Å². The largest absolute Gasteiger partial charge is 0.421 e. The summed E-state index contributed by atoms with van der Waals surface area (Å²) in [6, 6.07) is 0. The van der Waals surface area contributed by atoms with Gasteiger partial charge in [-0.1, -0.05) is 25.8 Å². The molecule has 0 fully saturated rings. The number of carbonyl (C=O) groups excluding carboxylic acids is 2. The van der Waals surface area contributed by atoms with Gasteiger partial charge in [0.25, 0.3) is 6.29 Å². The molecule has 0 aromatic heterocycles. The molecule has 92 valence electrons. The minimum absolute atomic E-state index is 0.468. The van der Waals surface area contributed by atoms with Crippen LogP contribution in [0.5, 0.6) is 0 Å². The van der Waals surface area contributed by atoms with Crippen molar-refractivity contribution in [3.8, 4) is 0 Å². The second-order valence-electron chi connectivity index (χ2n) is 3.51. The fraction of sp³-hybridized carbons (Fsp3) is 0.667. The third kappa shape index (κ3) is 9.24. The number of esters is 2. The lowest BCUT2D eigenvalue weighted by Crippen LogP contribution is -2.20. The van der Waals surface area contributed by atoms with Gasteiger partial charge in [0.2, 0.25) is 0 Å². The summed E-state index contributed by atoms with van der Waals surface area (Å²) in [7, 11) is 0. The lowest BCUT2D eigenvalue weighted by Gasteiger charge is -2.12. The Morgan fingerprint density at radius 1 is 1.12 bits per heavy atom. The zero-order valence-electron chi connectivity index (χ0n) is 10.2. The van der Waals surface area contributed by atoms with E-state index in [0.717, 1.165) is 25.7 Å². The van der Waals surface area contributed by atoms with Crippen LogP contribution in [-0.2, 0) is 19.1 Å². The molecule has 0 heterocycles. The molecular formula is C12H20O4. The highest BCUT2D eigenvalue weighted by molar-refractivity contribution is 5.68. The van der Waals surface area contributed by atoms with Crippen molar-refractivity contribution in [2.75, 3.05) is 0 Å². The number of unbranched alkanes of at least 4 members (excludes halogenated alkanes) is 3. The fourth-order valence-electron chi connectivity index (χ4n) is 1.15. The van der Waals surface area contributed by atoms with E-state index in [-0.39, 0.29) is 0 Å². The first kappa shape index (κ1) is 14.7. The van der Waals surface area contributed by atoms with E-state index in [4.69, 9.17) is 9.47 Å². The van der Waals surface area contributed by atoms with Crippen LogP contribution in [0.25, 0.3) is 0 Å². The molecule has 0 aromatic rings. The van der Waals surface area contributed by atoms with Crippen LogP contribution < -0.4 is 0 Å². The van der Waals surface area contributed by atoms with Gasteiger partial charge in [-0.3, -0.25) is 9.59 Å². The molecule has 0 radical (unpaired) electrons. The Bertz CT molecular complexity index is 229. The van der Waals surface area contributed by atoms with Crippen LogP contribution in [0.2, 0.25) is 0 Å². The monoisotopic (exact) mass is 228 g/mol. The zero-order valence-corrected chi connectivity index (χ0v) is 10.2. The van der Waals surface area contributed by atoms with Gasteiger partial charge in [0.15, 0.2) is 0 Å². The Balaban J connectivity index is 3.98. The molecule has 0 saturated heterocycles. The predicted molar refractivity (Wildman–Crippen MR) is 60.6 cm³/mol. The number of carbonyl (C=O) groups is 2. The molecule has 0 rings (SSSR count). The molecule has 0 atom stereocenters. The minimum Gasteiger partial charge on any atom is -0.421 e. The second kappa shape index (κ2) is 8.95. The van der Waals surface area contributed by atoms with E-state index >= 15 is 0 Å². The van der Waals surface area contributed by atoms with Crippen molar-refractivity contribution in [1.82, 2.24) is 0 Å². The van der Waals surface area contributed by atoms with E-state index in [2.05, 4.69) is 6.92 Å². The molecule has 0 aromatic carbocycles. The summed E-state index contributed by atoms with van der Waals surface area (Å²) < 4.78 is 9.60. The van der Waals surface area contributed by atoms with Gasteiger partial charge in [-0.25, -0.2) is 0 Å². The Morgan fingerprint density at radius 2 is 1.69 bits per heavy atom. The summed E-state index contributed by atoms with van der Waals surface area (Å²) in [4.78, 5) is 21.4. The van der Waals surface area contributed by atoms with Crippen LogP contribution in [0.4, 0.5) is 0 Å². The van der Waals surface area contributed by atoms with Gasteiger partial charge in [0, 0.05) is 13.8 Å². The molecular weight excluding hydrogens is 208 g/mol. The Hall–Kier alpha value is -1.32. The molecule has 4 nitrogen and oxygen atoms in total. The smallest absolute Gasteiger partial charge is 0.305 e. The summed E-state index contributed by atoms with van der Waals surface area (Å²) in [6.45, 7) is 4.69. The second-order valence-corrected chi connectivity index (χ2v) is 3.51. The standard InChI is InChI=1S/C12H20O4/c1-4-5-6-7-8-9-12(15-10(2)13)16-11(3)14/h8-9,12H,4-7H2,1-3H3. The third-order valence-electron chi connectivity index (χ3n) is 1.83. The summed E-state index contributed by atoms with van der Waals surface area (Å²) in [5.41, 5.74) is 0. The Kier molecular flexibility index (Phi) is 8.21. The van der Waals surface area contributed by atoms with Gasteiger partial charge < -0.3 is 9.47 Å². The first-order valence-corrected chi connectivity index (χ1v) is 5.57. The maximum Gasteiger partial charge on any atom is 0.305 e. The van der Waals surface area contributed by atoms with Crippen LogP contribution in [0.3, 0.4) is 0 Å². The Labute approximate surface area is 96.6 Å². The fourth-order valence-corrected chi connectivity index (χ4v) is 1.15. The van der Waals surface area contributed by atoms with E-state index < -0.39 is 18.2 Å². The lowest BCUT2D eigenvalue weighted by molar-refractivity contribution is -0.176. The van der Waals surface area contributed by atoms with Crippen LogP contribution in [0.1, 0.15) is 46.5 Å². The van der Waals surface area contributed by atoms with Gasteiger partial charge in [-0.2, -0.15) is 0 Å². The van der Waals surface area contributed by atoms with Crippen LogP contribution in [0.15, 0.2) is 12.2 Å². The van der Waals surface area contributed by atoms with E-state index in [9.17, 15) is 9.59 Å². The van der Waals surface area contributed by atoms with Gasteiger partial charge in [-0.05, 0) is 18.9 Å². The van der Waals surface area contributed by atoms with Crippen molar-refractivity contribution >= 4 is 11.9 Å². The van der Waals surface area contributed by atoms with Crippen molar-refractivity contribution in [2.45, 2.75) is 52.7 Å². The van der Waals surface area contributed by atoms with Gasteiger partial charge in [-0.15, -0.1) is 0 Å². The third-order valence-corrected chi connectivity index (χ3v) is 1.83. The van der Waals surface area contributed by atoms with Gasteiger partial charge in [0.05, 0.1) is 0 Å². The molecule has 0 spiro atoms. The maximum absolute atomic E-state index is 10.7. The summed E-state index contributed by atoms with van der Waals surface area (Å²) in [5, 5.41) is 0. The Morgan fingerprint density at radius 3 is 2.12 bits per heavy atom. The van der Waals surface area contributed by atoms with Crippen molar-refractivity contribution in [3.05, 3.63) is 12.2 Å². The highest BCUT2D eigenvalue weighted by Crippen LogP contribution is 2.03. The molecule has 16 heavy (non-hydrogen) atoms. The molecule has 0 saturated carbocycles. The number of rotatable bonds is 7. The molecule has 0 unspecified atom stereocenters. The maximum atomic E-state index is 10.7. The van der Waals surface area contributed by atoms with E-state index in [0.29, 0.717) is 0 Å². The van der Waals surface area contributed by atoms with Crippen molar-refractivity contribution in [1.29, 1.82) is 0 Å². The van der Waals surface area contributed by atoms with E-state index in [1.54, 1.807) is 6.08 Å². The topological polar surface area (TPSA) is 52.6 Å². The van der Waals surface area contributed by atoms with E-state index in [1.807, 2.05) is 6.08 Å². The average Bonchev–Trinajstić information content (AvgIpc) is 2.15. The normalized spacial score (nSPS) is 10.8. The predicted octanol–water partition coefficient (Wildman–Crippen LogP) is 2.58. The van der Waals surface area contributed by atoms with Crippen LogP contribution in [0, 0.1) is 0 Å². The summed E-state index contributed by atoms with van der Waals surface area (Å²) in [6.07, 6.45) is 6.87. The van der Waals surface area contributed by atoms with Gasteiger partial charge in [0.1, 0.15) is 0 Å². The quantitative estimate of drug-likeness (QED) is 0.291. The number of hydrogen-bond donors (Lipinski definition) is 0. The minimum atomic E-state index is -0.892. The highest BCUT2D eigenvalue weighted by Gasteiger charge is 2.10. The number of ether oxygens (including phenoxy) is 2. The van der Waals surface area contributed by atoms with Crippen molar-refractivity contribution < 1.29 is 19.1 Å².